The lowest BCUT2D eigenvalue weighted by Crippen LogP contribution is -2.13. The lowest BCUT2D eigenvalue weighted by Gasteiger charge is -2.13. The van der Waals surface area contributed by atoms with E-state index < -0.39 is 0 Å². The highest BCUT2D eigenvalue weighted by Gasteiger charge is 2.18. The van der Waals surface area contributed by atoms with Crippen molar-refractivity contribution in [1.82, 2.24) is 0 Å². The van der Waals surface area contributed by atoms with Crippen molar-refractivity contribution in [3.05, 3.63) is 76.9 Å². The normalized spacial score (nSPS) is 15.0. The second-order valence-electron chi connectivity index (χ2n) is 5.46. The van der Waals surface area contributed by atoms with Gasteiger partial charge in [-0.05, 0) is 18.1 Å². The van der Waals surface area contributed by atoms with Crippen molar-refractivity contribution >= 4 is 11.6 Å². The lowest BCUT2D eigenvalue weighted by atomic mass is 9.99. The van der Waals surface area contributed by atoms with Crippen LogP contribution in [0.3, 0.4) is 0 Å². The monoisotopic (exact) mass is 292 g/mol. The van der Waals surface area contributed by atoms with E-state index in [1.54, 1.807) is 0 Å². The minimum atomic E-state index is 0.634. The van der Waals surface area contributed by atoms with Gasteiger partial charge in [0, 0.05) is 17.7 Å². The zero-order valence-corrected chi connectivity index (χ0v) is 12.8. The molecule has 0 saturated heterocycles. The van der Waals surface area contributed by atoms with E-state index in [0.29, 0.717) is 19.0 Å². The smallest absolute Gasteiger partial charge is 0.214 e. The van der Waals surface area contributed by atoms with Crippen LogP contribution in [0, 0.1) is 6.92 Å². The highest BCUT2D eigenvalue weighted by molar-refractivity contribution is 6.01. The van der Waals surface area contributed by atoms with Crippen molar-refractivity contribution < 1.29 is 4.74 Å². The number of nitrogens with two attached hydrogens (primary N) is 1. The van der Waals surface area contributed by atoms with Crippen LogP contribution in [0.4, 0.5) is 0 Å². The molecule has 0 spiro atoms. The first-order valence-electron chi connectivity index (χ1n) is 7.51. The van der Waals surface area contributed by atoms with Crippen LogP contribution in [-0.4, -0.2) is 19.0 Å². The predicted octanol–water partition coefficient (Wildman–Crippen LogP) is 3.34. The lowest BCUT2D eigenvalue weighted by molar-refractivity contribution is 0.347. The summed E-state index contributed by atoms with van der Waals surface area (Å²) in [7, 11) is 0. The molecule has 3 nitrogen and oxygen atoms in total. The Balaban J connectivity index is 2.00. The predicted molar refractivity (Wildman–Crippen MR) is 90.7 cm³/mol. The molecule has 0 aliphatic carbocycles. The molecular weight excluding hydrogens is 272 g/mol. The van der Waals surface area contributed by atoms with Gasteiger partial charge in [0.25, 0.3) is 0 Å². The van der Waals surface area contributed by atoms with Gasteiger partial charge >= 0.3 is 0 Å². The van der Waals surface area contributed by atoms with Gasteiger partial charge in [-0.3, -0.25) is 0 Å². The van der Waals surface area contributed by atoms with E-state index in [1.807, 2.05) is 30.3 Å². The van der Waals surface area contributed by atoms with Gasteiger partial charge in [0.05, 0.1) is 6.54 Å². The molecule has 0 unspecified atom stereocenters. The molecule has 2 aromatic rings. The number of hydrogen-bond acceptors (Lipinski definition) is 3. The highest BCUT2D eigenvalue weighted by Crippen LogP contribution is 2.21. The van der Waals surface area contributed by atoms with E-state index in [4.69, 9.17) is 10.5 Å². The molecule has 0 atom stereocenters. The fourth-order valence-electron chi connectivity index (χ4n) is 2.51. The Labute approximate surface area is 131 Å². The summed E-state index contributed by atoms with van der Waals surface area (Å²) >= 11 is 0. The first-order valence-corrected chi connectivity index (χ1v) is 7.51. The van der Waals surface area contributed by atoms with Crippen molar-refractivity contribution in [3.8, 4) is 0 Å². The van der Waals surface area contributed by atoms with Gasteiger partial charge in [0.15, 0.2) is 0 Å². The topological polar surface area (TPSA) is 47.6 Å². The van der Waals surface area contributed by atoms with Crippen LogP contribution in [0.2, 0.25) is 0 Å². The molecule has 0 saturated carbocycles. The summed E-state index contributed by atoms with van der Waals surface area (Å²) in [5.41, 5.74) is 11.6. The van der Waals surface area contributed by atoms with E-state index >= 15 is 0 Å². The van der Waals surface area contributed by atoms with Crippen molar-refractivity contribution in [2.45, 2.75) is 13.3 Å². The maximum Gasteiger partial charge on any atom is 0.214 e. The number of aliphatic imine (C=N–C) groups is 1. The van der Waals surface area contributed by atoms with Crippen LogP contribution in [0.5, 0.6) is 0 Å². The second kappa shape index (κ2) is 6.48. The van der Waals surface area contributed by atoms with E-state index in [-0.39, 0.29) is 0 Å². The number of aryl methyl sites for hydroxylation is 1. The Morgan fingerprint density at radius 3 is 2.45 bits per heavy atom. The molecule has 3 rings (SSSR count). The SMILES string of the molecule is Cc1ccc(/C(N)=C(\Cc2ccccc2)C2=NCCO2)cc1. The van der Waals surface area contributed by atoms with Gasteiger partial charge in [0.2, 0.25) is 5.90 Å². The van der Waals surface area contributed by atoms with Gasteiger partial charge in [-0.1, -0.05) is 60.2 Å². The Morgan fingerprint density at radius 2 is 1.82 bits per heavy atom. The van der Waals surface area contributed by atoms with Crippen LogP contribution in [0.25, 0.3) is 5.70 Å². The van der Waals surface area contributed by atoms with Gasteiger partial charge < -0.3 is 10.5 Å². The first kappa shape index (κ1) is 14.4. The van der Waals surface area contributed by atoms with Crippen molar-refractivity contribution in [2.24, 2.45) is 10.7 Å². The molecule has 0 amide bonds. The zero-order valence-electron chi connectivity index (χ0n) is 12.8. The number of rotatable bonds is 4. The average molecular weight is 292 g/mol. The van der Waals surface area contributed by atoms with Gasteiger partial charge in [-0.25, -0.2) is 4.99 Å². The summed E-state index contributed by atoms with van der Waals surface area (Å²) in [5, 5.41) is 0. The number of benzene rings is 2. The molecule has 22 heavy (non-hydrogen) atoms. The molecular formula is C19H20N2O. The maximum absolute atomic E-state index is 6.44. The van der Waals surface area contributed by atoms with Gasteiger partial charge in [-0.15, -0.1) is 0 Å². The molecule has 1 aliphatic rings. The Hall–Kier alpha value is -2.55. The summed E-state index contributed by atoms with van der Waals surface area (Å²) < 4.78 is 5.67. The summed E-state index contributed by atoms with van der Waals surface area (Å²) in [6, 6.07) is 18.5. The van der Waals surface area contributed by atoms with E-state index in [2.05, 4.69) is 36.2 Å². The molecule has 2 N–H and O–H groups in total. The Morgan fingerprint density at radius 1 is 1.09 bits per heavy atom. The number of nitrogens with zero attached hydrogens (tertiary/aromatic N) is 1. The van der Waals surface area contributed by atoms with E-state index in [1.165, 1.54) is 11.1 Å². The molecule has 2 aromatic carbocycles. The molecule has 0 aromatic heterocycles. The number of hydrogen-bond donors (Lipinski definition) is 1. The number of ether oxygens (including phenoxy) is 1. The van der Waals surface area contributed by atoms with Crippen LogP contribution < -0.4 is 5.73 Å². The molecule has 3 heteroatoms. The second-order valence-corrected chi connectivity index (χ2v) is 5.46. The third-order valence-electron chi connectivity index (χ3n) is 3.76. The molecule has 0 fully saturated rings. The largest absolute Gasteiger partial charge is 0.476 e. The summed E-state index contributed by atoms with van der Waals surface area (Å²) in [4.78, 5) is 4.45. The molecule has 1 heterocycles. The standard InChI is InChI=1S/C19H20N2O/c1-14-7-9-16(10-8-14)18(20)17(19-21-11-12-22-19)13-15-5-3-2-4-6-15/h2-10H,11-13,20H2,1H3/b18-17-. The van der Waals surface area contributed by atoms with E-state index in [9.17, 15) is 0 Å². The minimum absolute atomic E-state index is 0.634. The molecule has 0 bridgehead atoms. The zero-order chi connectivity index (χ0) is 15.4. The van der Waals surface area contributed by atoms with E-state index in [0.717, 1.165) is 23.3 Å². The van der Waals surface area contributed by atoms with Crippen LogP contribution in [-0.2, 0) is 11.2 Å². The highest BCUT2D eigenvalue weighted by atomic mass is 16.5. The van der Waals surface area contributed by atoms with Gasteiger partial charge in [-0.2, -0.15) is 0 Å². The summed E-state index contributed by atoms with van der Waals surface area (Å²) in [6.07, 6.45) is 0.722. The van der Waals surface area contributed by atoms with Crippen LogP contribution >= 0.6 is 0 Å². The third kappa shape index (κ3) is 3.19. The average Bonchev–Trinajstić information content (AvgIpc) is 3.08. The third-order valence-corrected chi connectivity index (χ3v) is 3.76. The van der Waals surface area contributed by atoms with Crippen LogP contribution in [0.15, 0.2) is 65.2 Å². The quantitative estimate of drug-likeness (QED) is 0.939. The van der Waals surface area contributed by atoms with Crippen molar-refractivity contribution in [3.63, 3.8) is 0 Å². The Bertz CT molecular complexity index is 700. The Kier molecular flexibility index (Phi) is 4.24. The molecule has 1 aliphatic heterocycles. The maximum atomic E-state index is 6.44. The molecule has 0 radical (unpaired) electrons. The summed E-state index contributed by atoms with van der Waals surface area (Å²) in [5.74, 6) is 0.682. The molecule has 112 valence electrons. The fourth-order valence-corrected chi connectivity index (χ4v) is 2.51. The fraction of sp³-hybridized carbons (Fsp3) is 0.211. The minimum Gasteiger partial charge on any atom is -0.476 e. The summed E-state index contributed by atoms with van der Waals surface area (Å²) in [6.45, 7) is 3.41. The first-order chi connectivity index (χ1) is 10.7. The van der Waals surface area contributed by atoms with Crippen LogP contribution in [0.1, 0.15) is 16.7 Å². The van der Waals surface area contributed by atoms with Gasteiger partial charge in [0.1, 0.15) is 6.61 Å². The van der Waals surface area contributed by atoms with Crippen molar-refractivity contribution in [2.75, 3.05) is 13.2 Å². The van der Waals surface area contributed by atoms with Crippen molar-refractivity contribution in [1.29, 1.82) is 0 Å².